The van der Waals surface area contributed by atoms with E-state index in [2.05, 4.69) is 24.5 Å². The van der Waals surface area contributed by atoms with Gasteiger partial charge in [-0.1, -0.05) is 58.0 Å². The standard InChI is InChI=1S/C20H32N2O3/c1-14(2)11-17(21-5)19(23)22-18(12-15(3)4)20(24)25-13-16-9-7-6-8-10-16/h6-10,14-15,17-18,21H,11-13H2,1-5H3,(H,22,23)/t17-,18-/m1/s1. The molecule has 0 saturated carbocycles. The summed E-state index contributed by atoms with van der Waals surface area (Å²) in [7, 11) is 1.76. The highest BCUT2D eigenvalue weighted by Gasteiger charge is 2.27. The molecule has 0 aliphatic heterocycles. The predicted molar refractivity (Wildman–Crippen MR) is 99.9 cm³/mol. The van der Waals surface area contributed by atoms with Crippen LogP contribution in [-0.2, 0) is 20.9 Å². The van der Waals surface area contributed by atoms with E-state index in [0.29, 0.717) is 12.3 Å². The van der Waals surface area contributed by atoms with E-state index < -0.39 is 6.04 Å². The molecule has 0 unspecified atom stereocenters. The minimum absolute atomic E-state index is 0.154. The lowest BCUT2D eigenvalue weighted by atomic mass is 10.0. The summed E-state index contributed by atoms with van der Waals surface area (Å²) < 4.78 is 5.41. The van der Waals surface area contributed by atoms with Crippen molar-refractivity contribution in [2.45, 2.75) is 59.2 Å². The number of likely N-dealkylation sites (N-methyl/N-ethyl adjacent to an activating group) is 1. The van der Waals surface area contributed by atoms with E-state index >= 15 is 0 Å². The van der Waals surface area contributed by atoms with Crippen molar-refractivity contribution in [1.29, 1.82) is 0 Å². The number of ether oxygens (including phenoxy) is 1. The molecule has 0 saturated heterocycles. The lowest BCUT2D eigenvalue weighted by Crippen LogP contribution is -2.50. The maximum atomic E-state index is 12.5. The molecule has 0 fully saturated rings. The first-order chi connectivity index (χ1) is 11.8. The largest absolute Gasteiger partial charge is 0.459 e. The van der Waals surface area contributed by atoms with Crippen LogP contribution in [0.15, 0.2) is 30.3 Å². The van der Waals surface area contributed by atoms with Crippen molar-refractivity contribution in [2.24, 2.45) is 11.8 Å². The monoisotopic (exact) mass is 348 g/mol. The molecule has 5 nitrogen and oxygen atoms in total. The topological polar surface area (TPSA) is 67.4 Å². The molecule has 1 aromatic rings. The molecule has 0 spiro atoms. The molecule has 25 heavy (non-hydrogen) atoms. The molecule has 0 radical (unpaired) electrons. The normalized spacial score (nSPS) is 13.6. The predicted octanol–water partition coefficient (Wildman–Crippen LogP) is 2.89. The lowest BCUT2D eigenvalue weighted by Gasteiger charge is -2.23. The van der Waals surface area contributed by atoms with Gasteiger partial charge < -0.3 is 15.4 Å². The summed E-state index contributed by atoms with van der Waals surface area (Å²) in [5.74, 6) is 0.119. The van der Waals surface area contributed by atoms with Gasteiger partial charge in [-0.3, -0.25) is 4.79 Å². The minimum atomic E-state index is -0.626. The Labute approximate surface area is 151 Å². The van der Waals surface area contributed by atoms with Crippen LogP contribution in [0.3, 0.4) is 0 Å². The van der Waals surface area contributed by atoms with E-state index in [9.17, 15) is 9.59 Å². The molecular formula is C20H32N2O3. The number of benzene rings is 1. The molecular weight excluding hydrogens is 316 g/mol. The molecule has 2 N–H and O–H groups in total. The number of nitrogens with one attached hydrogen (secondary N) is 2. The summed E-state index contributed by atoms with van der Waals surface area (Å²) in [4.78, 5) is 25.0. The second kappa shape index (κ2) is 10.9. The van der Waals surface area contributed by atoms with E-state index in [0.717, 1.165) is 12.0 Å². The van der Waals surface area contributed by atoms with Crippen LogP contribution in [-0.4, -0.2) is 31.0 Å². The Bertz CT molecular complexity index is 529. The van der Waals surface area contributed by atoms with Gasteiger partial charge in [0.2, 0.25) is 5.91 Å². The van der Waals surface area contributed by atoms with Gasteiger partial charge in [0.05, 0.1) is 6.04 Å². The average molecular weight is 348 g/mol. The Balaban J connectivity index is 2.68. The molecule has 5 heteroatoms. The van der Waals surface area contributed by atoms with Crippen molar-refractivity contribution in [2.75, 3.05) is 7.05 Å². The number of esters is 1. The maximum absolute atomic E-state index is 12.5. The molecule has 0 heterocycles. The Morgan fingerprint density at radius 1 is 0.960 bits per heavy atom. The summed E-state index contributed by atoms with van der Waals surface area (Å²) in [5.41, 5.74) is 0.929. The van der Waals surface area contributed by atoms with Gasteiger partial charge in [0.1, 0.15) is 12.6 Å². The number of carbonyl (C=O) groups is 2. The molecule has 0 aromatic heterocycles. The average Bonchev–Trinajstić information content (AvgIpc) is 2.57. The smallest absolute Gasteiger partial charge is 0.328 e. The van der Waals surface area contributed by atoms with E-state index in [1.54, 1.807) is 7.05 Å². The summed E-state index contributed by atoms with van der Waals surface area (Å²) in [6.07, 6.45) is 1.27. The number of hydrogen-bond donors (Lipinski definition) is 2. The summed E-state index contributed by atoms with van der Waals surface area (Å²) in [5, 5.41) is 5.89. The van der Waals surface area contributed by atoms with Crippen LogP contribution in [0.5, 0.6) is 0 Å². The zero-order valence-corrected chi connectivity index (χ0v) is 16.0. The fraction of sp³-hybridized carbons (Fsp3) is 0.600. The second-order valence-corrected chi connectivity index (χ2v) is 7.25. The van der Waals surface area contributed by atoms with Gasteiger partial charge in [-0.05, 0) is 37.3 Å². The molecule has 1 aromatic carbocycles. The van der Waals surface area contributed by atoms with E-state index in [4.69, 9.17) is 4.74 Å². The van der Waals surface area contributed by atoms with Crippen molar-refractivity contribution in [3.05, 3.63) is 35.9 Å². The van der Waals surface area contributed by atoms with Crippen LogP contribution in [0.25, 0.3) is 0 Å². The highest BCUT2D eigenvalue weighted by atomic mass is 16.5. The molecule has 2 atom stereocenters. The molecule has 0 aliphatic carbocycles. The quantitative estimate of drug-likeness (QED) is 0.638. The Kier molecular flexibility index (Phi) is 9.21. The maximum Gasteiger partial charge on any atom is 0.328 e. The highest BCUT2D eigenvalue weighted by Crippen LogP contribution is 2.10. The number of hydrogen-bond acceptors (Lipinski definition) is 4. The number of carbonyl (C=O) groups excluding carboxylic acids is 2. The van der Waals surface area contributed by atoms with E-state index in [-0.39, 0.29) is 30.4 Å². The Morgan fingerprint density at radius 2 is 1.52 bits per heavy atom. The molecule has 0 aliphatic rings. The first kappa shape index (κ1) is 21.2. The third-order valence-corrected chi connectivity index (χ3v) is 3.90. The lowest BCUT2D eigenvalue weighted by molar-refractivity contribution is -0.149. The third-order valence-electron chi connectivity index (χ3n) is 3.90. The molecule has 140 valence electrons. The van der Waals surface area contributed by atoms with Crippen LogP contribution in [0, 0.1) is 11.8 Å². The van der Waals surface area contributed by atoms with Crippen LogP contribution >= 0.6 is 0 Å². The fourth-order valence-corrected chi connectivity index (χ4v) is 2.61. The van der Waals surface area contributed by atoms with E-state index in [1.807, 2.05) is 44.2 Å². The van der Waals surface area contributed by atoms with Crippen LogP contribution in [0.2, 0.25) is 0 Å². The van der Waals surface area contributed by atoms with Gasteiger partial charge in [0.25, 0.3) is 0 Å². The van der Waals surface area contributed by atoms with Crippen LogP contribution in [0.1, 0.15) is 46.1 Å². The molecule has 1 amide bonds. The van der Waals surface area contributed by atoms with E-state index in [1.165, 1.54) is 0 Å². The fourth-order valence-electron chi connectivity index (χ4n) is 2.61. The highest BCUT2D eigenvalue weighted by molar-refractivity contribution is 5.87. The summed E-state index contributed by atoms with van der Waals surface area (Å²) in [6.45, 7) is 8.39. The number of amides is 1. The zero-order chi connectivity index (χ0) is 18.8. The first-order valence-electron chi connectivity index (χ1n) is 9.01. The third kappa shape index (κ3) is 8.16. The SMILES string of the molecule is CN[C@H](CC(C)C)C(=O)N[C@H](CC(C)C)C(=O)OCc1ccccc1. The summed E-state index contributed by atoms with van der Waals surface area (Å²) >= 11 is 0. The van der Waals surface area contributed by atoms with Crippen molar-refractivity contribution in [3.8, 4) is 0 Å². The van der Waals surface area contributed by atoms with Gasteiger partial charge in [-0.25, -0.2) is 4.79 Å². The van der Waals surface area contributed by atoms with Gasteiger partial charge >= 0.3 is 5.97 Å². The Hall–Kier alpha value is -1.88. The van der Waals surface area contributed by atoms with Crippen molar-refractivity contribution >= 4 is 11.9 Å². The van der Waals surface area contributed by atoms with Gasteiger partial charge in [-0.2, -0.15) is 0 Å². The van der Waals surface area contributed by atoms with Crippen molar-refractivity contribution in [3.63, 3.8) is 0 Å². The van der Waals surface area contributed by atoms with Crippen molar-refractivity contribution in [1.82, 2.24) is 10.6 Å². The van der Waals surface area contributed by atoms with Crippen molar-refractivity contribution < 1.29 is 14.3 Å². The second-order valence-electron chi connectivity index (χ2n) is 7.25. The van der Waals surface area contributed by atoms with Crippen LogP contribution in [0.4, 0.5) is 0 Å². The molecule has 0 bridgehead atoms. The van der Waals surface area contributed by atoms with Gasteiger partial charge in [0, 0.05) is 0 Å². The van der Waals surface area contributed by atoms with Crippen LogP contribution < -0.4 is 10.6 Å². The molecule has 1 rings (SSSR count). The summed E-state index contributed by atoms with van der Waals surface area (Å²) in [6, 6.07) is 8.60. The number of rotatable bonds is 10. The van der Waals surface area contributed by atoms with Gasteiger partial charge in [0.15, 0.2) is 0 Å². The zero-order valence-electron chi connectivity index (χ0n) is 16.0. The van der Waals surface area contributed by atoms with Gasteiger partial charge in [-0.15, -0.1) is 0 Å². The minimum Gasteiger partial charge on any atom is -0.459 e. The Morgan fingerprint density at radius 3 is 2.04 bits per heavy atom. The first-order valence-corrected chi connectivity index (χ1v) is 9.01.